The second kappa shape index (κ2) is 9.98. The van der Waals surface area contributed by atoms with E-state index < -0.39 is 0 Å². The SMILES string of the molecule is Cc1nc2c3[c-]cccc3c3c(C)ccc4c3n2c1CC4(C)C.Cc1nc2c3ccccc3c3c(C)ccc4c3n2c1CC4(C)C.[Ir]. The van der Waals surface area contributed by atoms with Crippen LogP contribution in [0.4, 0.5) is 0 Å². The molecule has 6 heterocycles. The molecule has 5 heteroatoms. The Morgan fingerprint density at radius 1 is 0.596 bits per heavy atom. The molecule has 10 rings (SSSR count). The number of imidazole rings is 2. The summed E-state index contributed by atoms with van der Waals surface area (Å²) < 4.78 is 4.83. The number of benzene rings is 4. The van der Waals surface area contributed by atoms with E-state index in [1.54, 1.807) is 0 Å². The largest absolute Gasteiger partial charge is 0.337 e. The molecule has 4 nitrogen and oxygen atoms in total. The molecule has 237 valence electrons. The van der Waals surface area contributed by atoms with Gasteiger partial charge in [-0.15, -0.1) is 29.7 Å². The summed E-state index contributed by atoms with van der Waals surface area (Å²) in [5.41, 5.74) is 15.7. The van der Waals surface area contributed by atoms with E-state index in [4.69, 9.17) is 9.97 Å². The molecule has 2 aliphatic rings. The van der Waals surface area contributed by atoms with Gasteiger partial charge in [0, 0.05) is 53.5 Å². The van der Waals surface area contributed by atoms with E-state index in [9.17, 15) is 0 Å². The zero-order valence-corrected chi connectivity index (χ0v) is 30.8. The molecule has 0 fully saturated rings. The van der Waals surface area contributed by atoms with E-state index in [1.165, 1.54) is 77.3 Å². The third kappa shape index (κ3) is 3.96. The van der Waals surface area contributed by atoms with Gasteiger partial charge >= 0.3 is 0 Å². The number of rotatable bonds is 0. The normalized spacial score (nSPS) is 15.7. The van der Waals surface area contributed by atoms with E-state index in [-0.39, 0.29) is 30.9 Å². The summed E-state index contributed by atoms with van der Waals surface area (Å²) in [6, 6.07) is 27.6. The van der Waals surface area contributed by atoms with Crippen LogP contribution in [0.1, 0.15) is 72.7 Å². The van der Waals surface area contributed by atoms with Crippen LogP contribution in [0.5, 0.6) is 0 Å². The van der Waals surface area contributed by atoms with Crippen LogP contribution in [0.2, 0.25) is 0 Å². The second-order valence-electron chi connectivity index (χ2n) is 15.0. The van der Waals surface area contributed by atoms with Crippen molar-refractivity contribution in [2.75, 3.05) is 0 Å². The van der Waals surface area contributed by atoms with Crippen molar-refractivity contribution in [3.63, 3.8) is 0 Å². The van der Waals surface area contributed by atoms with Crippen LogP contribution in [0.15, 0.2) is 66.7 Å². The Balaban J connectivity index is 0.000000135. The minimum absolute atomic E-state index is 0. The Labute approximate surface area is 289 Å². The van der Waals surface area contributed by atoms with Crippen molar-refractivity contribution in [3.8, 4) is 0 Å². The second-order valence-corrected chi connectivity index (χ2v) is 15.0. The number of nitrogens with zero attached hydrogens (tertiary/aromatic N) is 4. The van der Waals surface area contributed by atoms with Gasteiger partial charge in [-0.2, -0.15) is 0 Å². The number of hydrogen-bond donors (Lipinski definition) is 0. The fourth-order valence-electron chi connectivity index (χ4n) is 8.74. The van der Waals surface area contributed by atoms with Gasteiger partial charge in [0.05, 0.1) is 16.9 Å². The van der Waals surface area contributed by atoms with Crippen LogP contribution in [0.3, 0.4) is 0 Å². The smallest absolute Gasteiger partial charge is 0.145 e. The number of pyridine rings is 2. The Morgan fingerprint density at radius 3 is 1.68 bits per heavy atom. The maximum Gasteiger partial charge on any atom is 0.145 e. The summed E-state index contributed by atoms with van der Waals surface area (Å²) in [5, 5.41) is 7.72. The predicted molar refractivity (Wildman–Crippen MR) is 192 cm³/mol. The van der Waals surface area contributed by atoms with Gasteiger partial charge in [0.15, 0.2) is 0 Å². The van der Waals surface area contributed by atoms with Gasteiger partial charge in [-0.05, 0) is 78.8 Å². The Kier molecular flexibility index (Phi) is 6.43. The summed E-state index contributed by atoms with van der Waals surface area (Å²) in [6.45, 7) is 18.1. The Hall–Kier alpha value is -4.05. The molecule has 0 aliphatic carbocycles. The molecule has 0 saturated heterocycles. The van der Waals surface area contributed by atoms with Gasteiger partial charge in [-0.3, -0.25) is 9.38 Å². The van der Waals surface area contributed by atoms with E-state index in [1.807, 2.05) is 6.07 Å². The molecule has 0 atom stereocenters. The average molecular weight is 792 g/mol. The van der Waals surface area contributed by atoms with Crippen LogP contribution in [0.25, 0.3) is 54.6 Å². The zero-order valence-electron chi connectivity index (χ0n) is 28.4. The van der Waals surface area contributed by atoms with E-state index in [0.29, 0.717) is 0 Å². The van der Waals surface area contributed by atoms with Crippen LogP contribution < -0.4 is 0 Å². The average Bonchev–Trinajstić information content (AvgIpc) is 3.53. The van der Waals surface area contributed by atoms with Crippen LogP contribution in [-0.2, 0) is 43.8 Å². The van der Waals surface area contributed by atoms with Crippen molar-refractivity contribution >= 4 is 54.6 Å². The summed E-state index contributed by atoms with van der Waals surface area (Å²) in [6.07, 6.45) is 2.08. The fourth-order valence-corrected chi connectivity index (χ4v) is 8.74. The van der Waals surface area contributed by atoms with Gasteiger partial charge in [0.25, 0.3) is 0 Å². The number of aromatic nitrogens is 4. The summed E-state index contributed by atoms with van der Waals surface area (Å²) in [7, 11) is 0. The molecule has 2 aliphatic heterocycles. The number of hydrogen-bond acceptors (Lipinski definition) is 2. The van der Waals surface area contributed by atoms with E-state index in [0.717, 1.165) is 35.2 Å². The summed E-state index contributed by atoms with van der Waals surface area (Å²) in [5.74, 6) is 0. The minimum Gasteiger partial charge on any atom is -0.337 e. The zero-order chi connectivity index (χ0) is 31.9. The molecule has 47 heavy (non-hydrogen) atoms. The summed E-state index contributed by atoms with van der Waals surface area (Å²) in [4.78, 5) is 9.88. The van der Waals surface area contributed by atoms with Crippen molar-refractivity contribution in [1.82, 2.24) is 18.8 Å². The van der Waals surface area contributed by atoms with Crippen LogP contribution >= 0.6 is 0 Å². The van der Waals surface area contributed by atoms with E-state index >= 15 is 0 Å². The first-order valence-corrected chi connectivity index (χ1v) is 16.5. The van der Waals surface area contributed by atoms with E-state index in [2.05, 4.69) is 131 Å². The van der Waals surface area contributed by atoms with Gasteiger partial charge in [-0.1, -0.05) is 87.2 Å². The number of aryl methyl sites for hydroxylation is 4. The third-order valence-electron chi connectivity index (χ3n) is 11.0. The van der Waals surface area contributed by atoms with Crippen molar-refractivity contribution < 1.29 is 20.1 Å². The molecule has 4 aromatic heterocycles. The Bertz CT molecular complexity index is 2450. The molecule has 1 radical (unpaired) electrons. The van der Waals surface area contributed by atoms with Gasteiger partial charge < -0.3 is 4.40 Å². The maximum absolute atomic E-state index is 4.95. The topological polar surface area (TPSA) is 34.6 Å². The van der Waals surface area contributed by atoms with Gasteiger partial charge in [0.2, 0.25) is 0 Å². The van der Waals surface area contributed by atoms with Gasteiger partial charge in [-0.25, -0.2) is 4.98 Å². The van der Waals surface area contributed by atoms with Gasteiger partial charge in [0.1, 0.15) is 5.65 Å². The van der Waals surface area contributed by atoms with Crippen molar-refractivity contribution in [1.29, 1.82) is 0 Å². The van der Waals surface area contributed by atoms with Crippen LogP contribution in [-0.4, -0.2) is 18.8 Å². The van der Waals surface area contributed by atoms with Crippen molar-refractivity contribution in [3.05, 3.63) is 118 Å². The first-order valence-electron chi connectivity index (χ1n) is 16.5. The summed E-state index contributed by atoms with van der Waals surface area (Å²) >= 11 is 0. The Morgan fingerprint density at radius 2 is 1.09 bits per heavy atom. The molecule has 4 aromatic carbocycles. The maximum atomic E-state index is 4.95. The number of fused-ring (bicyclic) bond motifs is 6. The molecule has 8 aromatic rings. The molecule has 0 amide bonds. The van der Waals surface area contributed by atoms with Crippen molar-refractivity contribution in [2.45, 2.75) is 79.1 Å². The fraction of sp³-hybridized carbons (Fsp3) is 0.286. The molecule has 0 spiro atoms. The minimum atomic E-state index is 0. The molecular formula is C42H39IrN4-. The quantitative estimate of drug-likeness (QED) is 0.113. The van der Waals surface area contributed by atoms with Crippen molar-refractivity contribution in [2.24, 2.45) is 0 Å². The molecule has 0 unspecified atom stereocenters. The standard InChI is InChI=1S/C21H20N2.C21H19N2.Ir/c2*1-12-9-10-16-19-18(12)14-7-5-6-8-15(14)20-22-13(2)17(23(19)20)11-21(16,3)4;/h5-10H,11H2,1-4H3;5-7,9-10H,11H2,1-4H3;/q;-1;. The molecule has 0 saturated carbocycles. The molecular weight excluding hydrogens is 753 g/mol. The van der Waals surface area contributed by atoms with Crippen LogP contribution in [0, 0.1) is 33.8 Å². The first-order chi connectivity index (χ1) is 22.0. The molecule has 0 bridgehead atoms. The third-order valence-corrected chi connectivity index (χ3v) is 11.0. The predicted octanol–water partition coefficient (Wildman–Crippen LogP) is 9.98. The molecule has 0 N–H and O–H groups in total. The monoisotopic (exact) mass is 792 g/mol. The first kappa shape index (κ1) is 30.3.